The predicted molar refractivity (Wildman–Crippen MR) is 103 cm³/mol. The minimum Gasteiger partial charge on any atom is -0.396 e. The van der Waals surface area contributed by atoms with Crippen LogP contribution in [0.25, 0.3) is 0 Å². The molecule has 1 aliphatic heterocycles. The first-order valence-corrected chi connectivity index (χ1v) is 9.14. The third-order valence-corrected chi connectivity index (χ3v) is 4.83. The molecular weight excluding hydrogens is 356 g/mol. The van der Waals surface area contributed by atoms with E-state index in [2.05, 4.69) is 20.9 Å². The molecule has 1 aromatic rings. The number of carbonyl (C=O) groups is 1. The van der Waals surface area contributed by atoms with Crippen LogP contribution in [0.3, 0.4) is 0 Å². The molecule has 7 nitrogen and oxygen atoms in total. The fraction of sp³-hybridized carbons (Fsp3) is 0.556. The van der Waals surface area contributed by atoms with E-state index in [9.17, 15) is 9.90 Å². The smallest absolute Gasteiger partial charge is 0.252 e. The summed E-state index contributed by atoms with van der Waals surface area (Å²) in [6, 6.07) is 6.94. The van der Waals surface area contributed by atoms with Crippen molar-refractivity contribution in [2.24, 2.45) is 10.4 Å². The van der Waals surface area contributed by atoms with Gasteiger partial charge in [0.15, 0.2) is 5.96 Å². The molecule has 8 heteroatoms. The Bertz CT molecular complexity index is 618. The average Bonchev–Trinajstić information content (AvgIpc) is 3.10. The van der Waals surface area contributed by atoms with E-state index in [0.29, 0.717) is 49.2 Å². The number of amides is 1. The highest BCUT2D eigenvalue weighted by Gasteiger charge is 2.34. The Morgan fingerprint density at radius 3 is 2.73 bits per heavy atom. The molecule has 0 aromatic heterocycles. The van der Waals surface area contributed by atoms with Crippen LogP contribution >= 0.6 is 11.6 Å². The lowest BCUT2D eigenvalue weighted by atomic mass is 9.84. The molecule has 0 spiro atoms. The van der Waals surface area contributed by atoms with Crippen molar-refractivity contribution in [3.8, 4) is 0 Å². The molecule has 144 valence electrons. The minimum absolute atomic E-state index is 0.0509. The quantitative estimate of drug-likeness (QED) is 0.306. The van der Waals surface area contributed by atoms with E-state index < -0.39 is 0 Å². The van der Waals surface area contributed by atoms with Crippen molar-refractivity contribution >= 4 is 23.5 Å². The number of hydrogen-bond acceptors (Lipinski definition) is 4. The van der Waals surface area contributed by atoms with Gasteiger partial charge in [0.2, 0.25) is 0 Å². The van der Waals surface area contributed by atoms with Gasteiger partial charge in [0, 0.05) is 45.3 Å². The normalized spacial score (nSPS) is 20.0. The predicted octanol–water partition coefficient (Wildman–Crippen LogP) is 1.02. The lowest BCUT2D eigenvalue weighted by Gasteiger charge is -2.27. The maximum Gasteiger partial charge on any atom is 0.252 e. The Morgan fingerprint density at radius 2 is 2.08 bits per heavy atom. The van der Waals surface area contributed by atoms with Crippen LogP contribution in [0, 0.1) is 5.41 Å². The molecule has 0 saturated carbocycles. The highest BCUT2D eigenvalue weighted by atomic mass is 35.5. The number of guanidine groups is 1. The average molecular weight is 383 g/mol. The molecule has 0 bridgehead atoms. The zero-order chi connectivity index (χ0) is 18.8. The van der Waals surface area contributed by atoms with Gasteiger partial charge in [-0.2, -0.15) is 0 Å². The summed E-state index contributed by atoms with van der Waals surface area (Å²) < 4.78 is 5.49. The lowest BCUT2D eigenvalue weighted by molar-refractivity contribution is 0.0954. The number of aliphatic imine (C=N–C) groups is 1. The summed E-state index contributed by atoms with van der Waals surface area (Å²) in [4.78, 5) is 16.3. The SMILES string of the molecule is CN=C(NCCNC(=O)c1ccccc1Cl)NCC1(CCO)CCOC1. The summed E-state index contributed by atoms with van der Waals surface area (Å²) in [5.41, 5.74) is 0.411. The maximum absolute atomic E-state index is 12.1. The van der Waals surface area contributed by atoms with Crippen LogP contribution in [0.4, 0.5) is 0 Å². The molecular formula is C18H27ClN4O3. The number of aliphatic hydroxyl groups excluding tert-OH is 1. The van der Waals surface area contributed by atoms with Crippen LogP contribution in [0.2, 0.25) is 5.02 Å². The van der Waals surface area contributed by atoms with E-state index in [1.54, 1.807) is 31.3 Å². The summed E-state index contributed by atoms with van der Waals surface area (Å²) in [6.07, 6.45) is 1.62. The Morgan fingerprint density at radius 1 is 1.31 bits per heavy atom. The van der Waals surface area contributed by atoms with E-state index in [-0.39, 0.29) is 17.9 Å². The third-order valence-electron chi connectivity index (χ3n) is 4.50. The van der Waals surface area contributed by atoms with Crippen molar-refractivity contribution in [3.63, 3.8) is 0 Å². The second-order valence-corrected chi connectivity index (χ2v) is 6.77. The third kappa shape index (κ3) is 5.86. The van der Waals surface area contributed by atoms with Gasteiger partial charge in [0.05, 0.1) is 17.2 Å². The molecule has 0 aliphatic carbocycles. The number of benzene rings is 1. The number of ether oxygens (including phenoxy) is 1. The summed E-state index contributed by atoms with van der Waals surface area (Å²) in [5.74, 6) is 0.451. The van der Waals surface area contributed by atoms with Crippen molar-refractivity contribution in [2.75, 3.05) is 46.5 Å². The number of aliphatic hydroxyl groups is 1. The van der Waals surface area contributed by atoms with E-state index in [1.807, 2.05) is 0 Å². The fourth-order valence-electron chi connectivity index (χ4n) is 2.90. The van der Waals surface area contributed by atoms with Gasteiger partial charge in [-0.3, -0.25) is 9.79 Å². The van der Waals surface area contributed by atoms with Crippen LogP contribution in [0.15, 0.2) is 29.3 Å². The van der Waals surface area contributed by atoms with Crippen LogP contribution in [0.1, 0.15) is 23.2 Å². The molecule has 4 N–H and O–H groups in total. The van der Waals surface area contributed by atoms with Gasteiger partial charge in [-0.1, -0.05) is 23.7 Å². The molecule has 1 aromatic carbocycles. The summed E-state index contributed by atoms with van der Waals surface area (Å²) in [6.45, 7) is 3.16. The summed E-state index contributed by atoms with van der Waals surface area (Å²) in [5, 5.41) is 19.0. The van der Waals surface area contributed by atoms with Crippen LogP contribution in [0.5, 0.6) is 0 Å². The topological polar surface area (TPSA) is 95.0 Å². The minimum atomic E-state index is -0.203. The van der Waals surface area contributed by atoms with Crippen LogP contribution < -0.4 is 16.0 Å². The number of hydrogen-bond donors (Lipinski definition) is 4. The molecule has 2 rings (SSSR count). The van der Waals surface area contributed by atoms with Gasteiger partial charge < -0.3 is 25.8 Å². The molecule has 1 aliphatic rings. The van der Waals surface area contributed by atoms with E-state index >= 15 is 0 Å². The highest BCUT2D eigenvalue weighted by molar-refractivity contribution is 6.33. The fourth-order valence-corrected chi connectivity index (χ4v) is 3.12. The zero-order valence-electron chi connectivity index (χ0n) is 15.1. The second-order valence-electron chi connectivity index (χ2n) is 6.36. The van der Waals surface area contributed by atoms with Crippen LogP contribution in [-0.4, -0.2) is 63.5 Å². The number of nitrogens with one attached hydrogen (secondary N) is 3. The van der Waals surface area contributed by atoms with Gasteiger partial charge in [0.1, 0.15) is 0 Å². The number of rotatable bonds is 8. The van der Waals surface area contributed by atoms with E-state index in [4.69, 9.17) is 16.3 Å². The van der Waals surface area contributed by atoms with Gasteiger partial charge in [-0.25, -0.2) is 0 Å². The Kier molecular flexibility index (Phi) is 8.15. The van der Waals surface area contributed by atoms with Crippen molar-refractivity contribution in [3.05, 3.63) is 34.9 Å². The summed E-state index contributed by atoms with van der Waals surface area (Å²) >= 11 is 6.01. The van der Waals surface area contributed by atoms with Crippen molar-refractivity contribution in [1.29, 1.82) is 0 Å². The molecule has 1 saturated heterocycles. The molecule has 1 unspecified atom stereocenters. The number of halogens is 1. The first-order chi connectivity index (χ1) is 12.6. The number of nitrogens with zero attached hydrogens (tertiary/aromatic N) is 1. The monoisotopic (exact) mass is 382 g/mol. The van der Waals surface area contributed by atoms with Gasteiger partial charge in [-0.15, -0.1) is 0 Å². The molecule has 1 amide bonds. The van der Waals surface area contributed by atoms with Crippen LogP contribution in [-0.2, 0) is 4.74 Å². The Balaban J connectivity index is 1.72. The second kappa shape index (κ2) is 10.4. The molecule has 26 heavy (non-hydrogen) atoms. The highest BCUT2D eigenvalue weighted by Crippen LogP contribution is 2.31. The zero-order valence-corrected chi connectivity index (χ0v) is 15.8. The molecule has 0 radical (unpaired) electrons. The first-order valence-electron chi connectivity index (χ1n) is 8.76. The Hall–Kier alpha value is -1.83. The Labute approximate surface area is 159 Å². The number of carbonyl (C=O) groups excluding carboxylic acids is 1. The standard InChI is InChI=1S/C18H27ClN4O3/c1-20-17(23-12-18(6-10-24)7-11-26-13-18)22-9-8-21-16(25)14-4-2-3-5-15(14)19/h2-5,24H,6-13H2,1H3,(H,21,25)(H2,20,22,23). The van der Waals surface area contributed by atoms with Gasteiger partial charge in [-0.05, 0) is 25.0 Å². The lowest BCUT2D eigenvalue weighted by Crippen LogP contribution is -2.46. The molecule has 1 fully saturated rings. The van der Waals surface area contributed by atoms with E-state index in [1.165, 1.54) is 0 Å². The molecule has 1 heterocycles. The van der Waals surface area contributed by atoms with E-state index in [0.717, 1.165) is 13.0 Å². The van der Waals surface area contributed by atoms with Gasteiger partial charge >= 0.3 is 0 Å². The van der Waals surface area contributed by atoms with Crippen molar-refractivity contribution in [1.82, 2.24) is 16.0 Å². The van der Waals surface area contributed by atoms with Crippen molar-refractivity contribution < 1.29 is 14.6 Å². The van der Waals surface area contributed by atoms with Gasteiger partial charge in [0.25, 0.3) is 5.91 Å². The largest absolute Gasteiger partial charge is 0.396 e. The maximum atomic E-state index is 12.1. The summed E-state index contributed by atoms with van der Waals surface area (Å²) in [7, 11) is 1.70. The van der Waals surface area contributed by atoms with Crippen molar-refractivity contribution in [2.45, 2.75) is 12.8 Å². The first kappa shape index (κ1) is 20.5. The molecule has 1 atom stereocenters.